The number of hydrogen-bond acceptors (Lipinski definition) is 4. The molecule has 3 aliphatic heterocycles. The normalized spacial score (nSPS) is 34.6. The zero-order valence-corrected chi connectivity index (χ0v) is 13.5. The summed E-state index contributed by atoms with van der Waals surface area (Å²) in [5.41, 5.74) is 5.93. The third kappa shape index (κ3) is 3.34. The van der Waals surface area contributed by atoms with Gasteiger partial charge in [-0.2, -0.15) is 11.8 Å². The predicted molar refractivity (Wildman–Crippen MR) is 86.3 cm³/mol. The molecule has 3 aliphatic rings. The molecule has 0 aromatic carbocycles. The quantitative estimate of drug-likeness (QED) is 0.866. The Morgan fingerprint density at radius 3 is 2.90 bits per heavy atom. The third-order valence-corrected chi connectivity index (χ3v) is 6.49. The fourth-order valence-corrected chi connectivity index (χ4v) is 5.62. The minimum absolute atomic E-state index is 0.231. The molecule has 0 bridgehead atoms. The standard InChI is InChI=1S/C16H30N2OS/c17-8-1-3-14-4-2-9-18(14)15-5-10-19-16(13-15)6-11-20-12-7-16/h14-15H,1-13,17H2. The summed E-state index contributed by atoms with van der Waals surface area (Å²) >= 11 is 2.10. The molecule has 3 rings (SSSR count). The van der Waals surface area contributed by atoms with Crippen LogP contribution in [0, 0.1) is 0 Å². The molecule has 0 amide bonds. The molecule has 3 nitrogen and oxygen atoms in total. The second-order valence-corrected chi connectivity index (χ2v) is 7.98. The Morgan fingerprint density at radius 2 is 2.10 bits per heavy atom. The number of thioether (sulfide) groups is 1. The number of nitrogens with two attached hydrogens (primary N) is 1. The highest BCUT2D eigenvalue weighted by molar-refractivity contribution is 7.99. The highest BCUT2D eigenvalue weighted by atomic mass is 32.2. The van der Waals surface area contributed by atoms with Gasteiger partial charge in [-0.15, -0.1) is 0 Å². The lowest BCUT2D eigenvalue weighted by Gasteiger charge is -2.47. The van der Waals surface area contributed by atoms with E-state index in [1.54, 1.807) is 0 Å². The monoisotopic (exact) mass is 298 g/mol. The number of nitrogens with zero attached hydrogens (tertiary/aromatic N) is 1. The van der Waals surface area contributed by atoms with Crippen molar-refractivity contribution >= 4 is 11.8 Å². The van der Waals surface area contributed by atoms with Crippen LogP contribution in [-0.4, -0.2) is 53.8 Å². The number of likely N-dealkylation sites (tertiary alicyclic amines) is 1. The van der Waals surface area contributed by atoms with Crippen LogP contribution in [0.2, 0.25) is 0 Å². The van der Waals surface area contributed by atoms with Crippen molar-refractivity contribution in [1.82, 2.24) is 4.90 Å². The summed E-state index contributed by atoms with van der Waals surface area (Å²) in [7, 11) is 0. The molecular formula is C16H30N2OS. The molecule has 0 aromatic heterocycles. The van der Waals surface area contributed by atoms with Gasteiger partial charge in [-0.25, -0.2) is 0 Å². The Hall–Kier alpha value is 0.230. The van der Waals surface area contributed by atoms with Crippen LogP contribution in [0.4, 0.5) is 0 Å². The second kappa shape index (κ2) is 6.99. The van der Waals surface area contributed by atoms with E-state index in [9.17, 15) is 0 Å². The van der Waals surface area contributed by atoms with E-state index in [0.29, 0.717) is 0 Å². The van der Waals surface area contributed by atoms with Gasteiger partial charge in [0.15, 0.2) is 0 Å². The van der Waals surface area contributed by atoms with Gasteiger partial charge >= 0.3 is 0 Å². The van der Waals surface area contributed by atoms with E-state index in [0.717, 1.165) is 25.2 Å². The average molecular weight is 298 g/mol. The topological polar surface area (TPSA) is 38.5 Å². The van der Waals surface area contributed by atoms with Gasteiger partial charge in [0.2, 0.25) is 0 Å². The van der Waals surface area contributed by atoms with Crippen LogP contribution in [0.1, 0.15) is 51.4 Å². The molecule has 3 saturated heterocycles. The number of ether oxygens (including phenoxy) is 1. The van der Waals surface area contributed by atoms with Crippen LogP contribution in [0.3, 0.4) is 0 Å². The van der Waals surface area contributed by atoms with Crippen molar-refractivity contribution in [1.29, 1.82) is 0 Å². The van der Waals surface area contributed by atoms with Crippen LogP contribution >= 0.6 is 11.8 Å². The molecule has 0 saturated carbocycles. The van der Waals surface area contributed by atoms with Gasteiger partial charge in [0, 0.05) is 18.7 Å². The van der Waals surface area contributed by atoms with Crippen LogP contribution in [0.15, 0.2) is 0 Å². The predicted octanol–water partition coefficient (Wildman–Crippen LogP) is 2.63. The largest absolute Gasteiger partial charge is 0.375 e. The van der Waals surface area contributed by atoms with Crippen molar-refractivity contribution in [2.24, 2.45) is 5.73 Å². The van der Waals surface area contributed by atoms with Crippen molar-refractivity contribution in [3.8, 4) is 0 Å². The fraction of sp³-hybridized carbons (Fsp3) is 1.00. The van der Waals surface area contributed by atoms with Crippen molar-refractivity contribution in [3.05, 3.63) is 0 Å². The maximum absolute atomic E-state index is 6.25. The Bertz CT molecular complexity index is 301. The van der Waals surface area contributed by atoms with E-state index in [-0.39, 0.29) is 5.60 Å². The van der Waals surface area contributed by atoms with Gasteiger partial charge in [-0.05, 0) is 76.0 Å². The van der Waals surface area contributed by atoms with Crippen molar-refractivity contribution in [3.63, 3.8) is 0 Å². The zero-order chi connectivity index (χ0) is 13.8. The van der Waals surface area contributed by atoms with Gasteiger partial charge in [0.25, 0.3) is 0 Å². The van der Waals surface area contributed by atoms with Gasteiger partial charge in [0.1, 0.15) is 0 Å². The molecule has 4 heteroatoms. The summed E-state index contributed by atoms with van der Waals surface area (Å²) in [6.07, 6.45) is 10.3. The Labute approximate surface area is 128 Å². The summed E-state index contributed by atoms with van der Waals surface area (Å²) in [5.74, 6) is 2.59. The van der Waals surface area contributed by atoms with Gasteiger partial charge < -0.3 is 10.5 Å². The van der Waals surface area contributed by atoms with Crippen LogP contribution in [-0.2, 0) is 4.74 Å². The smallest absolute Gasteiger partial charge is 0.0713 e. The Morgan fingerprint density at radius 1 is 1.25 bits per heavy atom. The van der Waals surface area contributed by atoms with Gasteiger partial charge in [-0.1, -0.05) is 0 Å². The first-order chi connectivity index (χ1) is 9.83. The SMILES string of the molecule is NCCCC1CCCN1C1CCOC2(CCSCC2)C1. The molecule has 2 atom stereocenters. The van der Waals surface area contributed by atoms with Gasteiger partial charge in [-0.3, -0.25) is 4.90 Å². The van der Waals surface area contributed by atoms with E-state index in [1.165, 1.54) is 69.4 Å². The van der Waals surface area contributed by atoms with Crippen LogP contribution in [0.5, 0.6) is 0 Å². The molecule has 2 unspecified atom stereocenters. The lowest BCUT2D eigenvalue weighted by Crippen LogP contribution is -2.51. The lowest BCUT2D eigenvalue weighted by atomic mass is 9.84. The first-order valence-electron chi connectivity index (χ1n) is 8.50. The van der Waals surface area contributed by atoms with Crippen molar-refractivity contribution < 1.29 is 4.74 Å². The van der Waals surface area contributed by atoms with E-state index in [1.807, 2.05) is 0 Å². The first-order valence-corrected chi connectivity index (χ1v) is 9.66. The van der Waals surface area contributed by atoms with Crippen molar-refractivity contribution in [2.45, 2.75) is 69.1 Å². The minimum Gasteiger partial charge on any atom is -0.375 e. The molecule has 0 aromatic rings. The second-order valence-electron chi connectivity index (χ2n) is 6.76. The summed E-state index contributed by atoms with van der Waals surface area (Å²) in [6.45, 7) is 3.14. The van der Waals surface area contributed by atoms with Crippen LogP contribution in [0.25, 0.3) is 0 Å². The van der Waals surface area contributed by atoms with Crippen molar-refractivity contribution in [2.75, 3.05) is 31.2 Å². The molecule has 1 spiro atoms. The van der Waals surface area contributed by atoms with E-state index in [4.69, 9.17) is 10.5 Å². The Kier molecular flexibility index (Phi) is 5.29. The van der Waals surface area contributed by atoms with E-state index >= 15 is 0 Å². The maximum Gasteiger partial charge on any atom is 0.0713 e. The zero-order valence-electron chi connectivity index (χ0n) is 12.7. The summed E-state index contributed by atoms with van der Waals surface area (Å²) in [6, 6.07) is 1.58. The van der Waals surface area contributed by atoms with E-state index in [2.05, 4.69) is 16.7 Å². The average Bonchev–Trinajstić information content (AvgIpc) is 2.94. The molecule has 2 N–H and O–H groups in total. The van der Waals surface area contributed by atoms with Gasteiger partial charge in [0.05, 0.1) is 5.60 Å². The molecular weight excluding hydrogens is 268 g/mol. The summed E-state index contributed by atoms with van der Waals surface area (Å²) in [4.78, 5) is 2.82. The number of hydrogen-bond donors (Lipinski definition) is 1. The molecule has 116 valence electrons. The highest BCUT2D eigenvalue weighted by Crippen LogP contribution is 2.40. The number of rotatable bonds is 4. The maximum atomic E-state index is 6.25. The van der Waals surface area contributed by atoms with E-state index < -0.39 is 0 Å². The first kappa shape index (κ1) is 15.1. The molecule has 3 fully saturated rings. The minimum atomic E-state index is 0.231. The third-order valence-electron chi connectivity index (χ3n) is 5.50. The lowest BCUT2D eigenvalue weighted by molar-refractivity contribution is -0.112. The summed E-state index contributed by atoms with van der Waals surface area (Å²) < 4.78 is 6.25. The molecule has 20 heavy (non-hydrogen) atoms. The highest BCUT2D eigenvalue weighted by Gasteiger charge is 2.42. The fourth-order valence-electron chi connectivity index (χ4n) is 4.38. The molecule has 3 heterocycles. The Balaban J connectivity index is 1.60. The molecule has 0 radical (unpaired) electrons. The molecule has 0 aliphatic carbocycles. The summed E-state index contributed by atoms with van der Waals surface area (Å²) in [5, 5.41) is 0. The van der Waals surface area contributed by atoms with Crippen LogP contribution < -0.4 is 5.73 Å².